The molecule has 5 nitrogen and oxygen atoms in total. The van der Waals surface area contributed by atoms with Crippen molar-refractivity contribution in [2.45, 2.75) is 48.8 Å². The molecule has 1 aliphatic carbocycles. The summed E-state index contributed by atoms with van der Waals surface area (Å²) in [6, 6.07) is 6.97. The van der Waals surface area contributed by atoms with Gasteiger partial charge < -0.3 is 10.6 Å². The third-order valence-corrected chi connectivity index (χ3v) is 6.99. The number of nitrogens with zero attached hydrogens (tertiary/aromatic N) is 1. The lowest BCUT2D eigenvalue weighted by atomic mass is 9.68. The molecule has 1 saturated heterocycles. The first kappa shape index (κ1) is 18.4. The van der Waals surface area contributed by atoms with Gasteiger partial charge in [-0.25, -0.2) is 8.42 Å². The molecule has 2 N–H and O–H groups in total. The largest absolute Gasteiger partial charge is 0.342 e. The molecule has 0 aromatic heterocycles. The molecule has 6 heteroatoms. The van der Waals surface area contributed by atoms with E-state index in [1.165, 1.54) is 6.26 Å². The lowest BCUT2D eigenvalue weighted by Crippen LogP contribution is -2.47. The lowest BCUT2D eigenvalue weighted by Gasteiger charge is -2.39. The van der Waals surface area contributed by atoms with E-state index < -0.39 is 15.3 Å². The fraction of sp³-hybridized carbons (Fsp3) is 0.632. The molecule has 1 atom stereocenters. The quantitative estimate of drug-likeness (QED) is 0.887. The fourth-order valence-corrected chi connectivity index (χ4v) is 4.95. The zero-order valence-corrected chi connectivity index (χ0v) is 15.7. The van der Waals surface area contributed by atoms with Crippen LogP contribution in [-0.2, 0) is 20.0 Å². The number of carbonyl (C=O) groups excluding carboxylic acids is 1. The summed E-state index contributed by atoms with van der Waals surface area (Å²) in [5, 5.41) is 0. The van der Waals surface area contributed by atoms with Crippen LogP contribution in [0.5, 0.6) is 0 Å². The Morgan fingerprint density at radius 3 is 2.36 bits per heavy atom. The van der Waals surface area contributed by atoms with E-state index in [1.807, 2.05) is 17.0 Å². The molecule has 25 heavy (non-hydrogen) atoms. The normalized spacial score (nSPS) is 23.6. The highest BCUT2D eigenvalue weighted by Crippen LogP contribution is 2.42. The van der Waals surface area contributed by atoms with Gasteiger partial charge in [0, 0.05) is 19.3 Å². The molecule has 1 amide bonds. The van der Waals surface area contributed by atoms with Crippen LogP contribution in [0.25, 0.3) is 0 Å². The van der Waals surface area contributed by atoms with Gasteiger partial charge in [0.2, 0.25) is 5.91 Å². The number of hydrogen-bond acceptors (Lipinski definition) is 4. The van der Waals surface area contributed by atoms with Crippen LogP contribution in [0.4, 0.5) is 0 Å². The zero-order chi connectivity index (χ0) is 18.1. The van der Waals surface area contributed by atoms with E-state index in [1.54, 1.807) is 12.1 Å². The van der Waals surface area contributed by atoms with Gasteiger partial charge in [-0.2, -0.15) is 0 Å². The predicted molar refractivity (Wildman–Crippen MR) is 98.1 cm³/mol. The number of amides is 1. The molecule has 3 rings (SSSR count). The topological polar surface area (TPSA) is 80.5 Å². The molecule has 0 spiro atoms. The van der Waals surface area contributed by atoms with Gasteiger partial charge >= 0.3 is 0 Å². The highest BCUT2D eigenvalue weighted by molar-refractivity contribution is 7.90. The Hall–Kier alpha value is -1.40. The molecule has 1 unspecified atom stereocenters. The van der Waals surface area contributed by atoms with Gasteiger partial charge in [0.1, 0.15) is 0 Å². The number of hydrogen-bond donors (Lipinski definition) is 1. The summed E-state index contributed by atoms with van der Waals surface area (Å²) in [4.78, 5) is 15.7. The van der Waals surface area contributed by atoms with Crippen LogP contribution in [0.3, 0.4) is 0 Å². The maximum atomic E-state index is 13.4. The molecular weight excluding hydrogens is 336 g/mol. The molecule has 1 aromatic carbocycles. The average Bonchev–Trinajstić information content (AvgIpc) is 3.10. The number of sulfone groups is 1. The molecule has 1 saturated carbocycles. The Labute approximate surface area is 150 Å². The van der Waals surface area contributed by atoms with Gasteiger partial charge in [0.05, 0.1) is 10.3 Å². The second kappa shape index (κ2) is 7.08. The molecule has 2 fully saturated rings. The molecule has 0 radical (unpaired) electrons. The SMILES string of the molecule is CS(=O)(=O)c1ccc(C2(C(=O)N3CCC(CN)C3)CCCCC2)cc1. The maximum absolute atomic E-state index is 13.4. The molecule has 2 aliphatic rings. The summed E-state index contributed by atoms with van der Waals surface area (Å²) < 4.78 is 23.5. The van der Waals surface area contributed by atoms with Crippen molar-refractivity contribution in [1.29, 1.82) is 0 Å². The second-order valence-electron chi connectivity index (χ2n) is 7.58. The van der Waals surface area contributed by atoms with E-state index in [2.05, 4.69) is 0 Å². The first-order valence-electron chi connectivity index (χ1n) is 9.17. The number of likely N-dealkylation sites (tertiary alicyclic amines) is 1. The Kier molecular flexibility index (Phi) is 5.21. The molecule has 1 aliphatic heterocycles. The Morgan fingerprint density at radius 2 is 1.84 bits per heavy atom. The van der Waals surface area contributed by atoms with Crippen molar-refractivity contribution in [1.82, 2.24) is 4.90 Å². The predicted octanol–water partition coefficient (Wildman–Crippen LogP) is 2.10. The summed E-state index contributed by atoms with van der Waals surface area (Å²) in [5.41, 5.74) is 6.24. The maximum Gasteiger partial charge on any atom is 0.233 e. The summed E-state index contributed by atoms with van der Waals surface area (Å²) in [7, 11) is -3.23. The minimum absolute atomic E-state index is 0.204. The van der Waals surface area contributed by atoms with Gasteiger partial charge in [-0.05, 0) is 49.4 Å². The van der Waals surface area contributed by atoms with Crippen LogP contribution in [0, 0.1) is 5.92 Å². The van der Waals surface area contributed by atoms with Crippen LogP contribution in [0.1, 0.15) is 44.1 Å². The van der Waals surface area contributed by atoms with Crippen molar-refractivity contribution in [2.24, 2.45) is 11.7 Å². The van der Waals surface area contributed by atoms with Gasteiger partial charge in [-0.15, -0.1) is 0 Å². The van der Waals surface area contributed by atoms with Crippen LogP contribution < -0.4 is 5.73 Å². The Bertz CT molecular complexity index is 722. The minimum atomic E-state index is -3.23. The molecular formula is C19H28N2O3S. The molecule has 1 heterocycles. The van der Waals surface area contributed by atoms with Crippen molar-refractivity contribution < 1.29 is 13.2 Å². The van der Waals surface area contributed by atoms with Crippen molar-refractivity contribution >= 4 is 15.7 Å². The first-order valence-corrected chi connectivity index (χ1v) is 11.1. The van der Waals surface area contributed by atoms with Gasteiger partial charge in [0.25, 0.3) is 0 Å². The van der Waals surface area contributed by atoms with Crippen LogP contribution in [0.2, 0.25) is 0 Å². The first-order chi connectivity index (χ1) is 11.9. The highest BCUT2D eigenvalue weighted by Gasteiger charge is 2.44. The van der Waals surface area contributed by atoms with E-state index in [9.17, 15) is 13.2 Å². The summed E-state index contributed by atoms with van der Waals surface area (Å²) in [5.74, 6) is 0.604. The molecule has 1 aromatic rings. The van der Waals surface area contributed by atoms with Gasteiger partial charge in [-0.1, -0.05) is 31.4 Å². The van der Waals surface area contributed by atoms with E-state index in [0.717, 1.165) is 57.2 Å². The minimum Gasteiger partial charge on any atom is -0.342 e. The molecule has 0 bridgehead atoms. The Balaban J connectivity index is 1.92. The summed E-state index contributed by atoms with van der Waals surface area (Å²) in [6.07, 6.45) is 7.09. The van der Waals surface area contributed by atoms with Crippen molar-refractivity contribution in [3.63, 3.8) is 0 Å². The monoisotopic (exact) mass is 364 g/mol. The number of nitrogens with two attached hydrogens (primary N) is 1. The Morgan fingerprint density at radius 1 is 1.20 bits per heavy atom. The number of carbonyl (C=O) groups is 1. The smallest absolute Gasteiger partial charge is 0.233 e. The summed E-state index contributed by atoms with van der Waals surface area (Å²) in [6.45, 7) is 2.15. The summed E-state index contributed by atoms with van der Waals surface area (Å²) >= 11 is 0. The second-order valence-corrected chi connectivity index (χ2v) is 9.60. The van der Waals surface area contributed by atoms with Gasteiger partial charge in [-0.3, -0.25) is 4.79 Å². The van der Waals surface area contributed by atoms with Crippen molar-refractivity contribution in [3.8, 4) is 0 Å². The van der Waals surface area contributed by atoms with E-state index in [-0.39, 0.29) is 5.91 Å². The van der Waals surface area contributed by atoms with Crippen LogP contribution >= 0.6 is 0 Å². The van der Waals surface area contributed by atoms with Gasteiger partial charge in [0.15, 0.2) is 9.84 Å². The fourth-order valence-electron chi connectivity index (χ4n) is 4.31. The highest BCUT2D eigenvalue weighted by atomic mass is 32.2. The zero-order valence-electron chi connectivity index (χ0n) is 14.9. The van der Waals surface area contributed by atoms with Crippen molar-refractivity contribution in [2.75, 3.05) is 25.9 Å². The third kappa shape index (κ3) is 3.60. The van der Waals surface area contributed by atoms with E-state index in [4.69, 9.17) is 5.73 Å². The van der Waals surface area contributed by atoms with E-state index in [0.29, 0.717) is 17.4 Å². The lowest BCUT2D eigenvalue weighted by molar-refractivity contribution is -0.138. The third-order valence-electron chi connectivity index (χ3n) is 5.86. The van der Waals surface area contributed by atoms with E-state index >= 15 is 0 Å². The van der Waals surface area contributed by atoms with Crippen molar-refractivity contribution in [3.05, 3.63) is 29.8 Å². The number of rotatable bonds is 4. The average molecular weight is 365 g/mol. The van der Waals surface area contributed by atoms with Crippen LogP contribution in [0.15, 0.2) is 29.2 Å². The molecule has 138 valence electrons. The standard InChI is InChI=1S/C19H28N2O3S/c1-25(23,24)17-7-5-16(6-8-17)19(10-3-2-4-11-19)18(22)21-12-9-15(13-20)14-21/h5-8,15H,2-4,9-14,20H2,1H3. The van der Waals surface area contributed by atoms with Crippen LogP contribution in [-0.4, -0.2) is 45.1 Å². The number of benzene rings is 1.